The second-order valence-electron chi connectivity index (χ2n) is 7.55. The Bertz CT molecular complexity index is 750. The van der Waals surface area contributed by atoms with Crippen molar-refractivity contribution in [3.8, 4) is 0 Å². The minimum Gasteiger partial charge on any atom is -0.267 e. The monoisotopic (exact) mass is 422 g/mol. The third kappa shape index (κ3) is 12.2. The van der Waals surface area contributed by atoms with Crippen molar-refractivity contribution >= 4 is 20.2 Å². The number of rotatable bonds is 8. The first-order valence-electron chi connectivity index (χ1n) is 9.02. The molecule has 0 aliphatic heterocycles. The van der Waals surface area contributed by atoms with Crippen LogP contribution in [-0.2, 0) is 28.6 Å². The van der Waals surface area contributed by atoms with E-state index in [-0.39, 0.29) is 23.0 Å². The van der Waals surface area contributed by atoms with Crippen molar-refractivity contribution in [2.45, 2.75) is 72.0 Å². The van der Waals surface area contributed by atoms with Gasteiger partial charge in [-0.2, -0.15) is 16.8 Å². The van der Waals surface area contributed by atoms with Gasteiger partial charge in [0.1, 0.15) is 0 Å². The van der Waals surface area contributed by atoms with Gasteiger partial charge < -0.3 is 0 Å². The van der Waals surface area contributed by atoms with Gasteiger partial charge in [0.15, 0.2) is 0 Å². The van der Waals surface area contributed by atoms with E-state index >= 15 is 0 Å². The molecule has 2 unspecified atom stereocenters. The summed E-state index contributed by atoms with van der Waals surface area (Å²) in [6.45, 7) is 13.3. The molecule has 0 saturated carbocycles. The van der Waals surface area contributed by atoms with Crippen molar-refractivity contribution < 1.29 is 25.2 Å². The molecule has 27 heavy (non-hydrogen) atoms. The van der Waals surface area contributed by atoms with E-state index in [0.29, 0.717) is 5.92 Å². The van der Waals surface area contributed by atoms with Crippen LogP contribution in [0.2, 0.25) is 0 Å². The maximum Gasteiger partial charge on any atom is 0.297 e. The maximum atomic E-state index is 11.9. The fraction of sp³-hybridized carbons (Fsp3) is 0.684. The van der Waals surface area contributed by atoms with E-state index in [0.717, 1.165) is 18.2 Å². The fourth-order valence-corrected chi connectivity index (χ4v) is 3.93. The average molecular weight is 423 g/mol. The molecule has 1 aromatic carbocycles. The van der Waals surface area contributed by atoms with Gasteiger partial charge >= 0.3 is 0 Å². The van der Waals surface area contributed by atoms with Crippen LogP contribution in [0, 0.1) is 18.8 Å². The predicted molar refractivity (Wildman–Crippen MR) is 109 cm³/mol. The molecule has 1 rings (SSSR count). The molecule has 0 fully saturated rings. The van der Waals surface area contributed by atoms with Gasteiger partial charge in [-0.15, -0.1) is 0 Å². The number of hydrogen-bond donors (Lipinski definition) is 0. The molecule has 0 aliphatic carbocycles. The predicted octanol–water partition coefficient (Wildman–Crippen LogP) is 4.14. The Morgan fingerprint density at radius 2 is 1.33 bits per heavy atom. The zero-order chi connectivity index (χ0) is 21.4. The highest BCUT2D eigenvalue weighted by Crippen LogP contribution is 2.18. The van der Waals surface area contributed by atoms with Gasteiger partial charge in [-0.1, -0.05) is 45.4 Å². The van der Waals surface area contributed by atoms with Gasteiger partial charge in [0, 0.05) is 0 Å². The largest absolute Gasteiger partial charge is 0.297 e. The summed E-state index contributed by atoms with van der Waals surface area (Å²) < 4.78 is 54.7. The summed E-state index contributed by atoms with van der Waals surface area (Å²) in [5.41, 5.74) is 1.03. The van der Waals surface area contributed by atoms with Crippen LogP contribution in [-0.4, -0.2) is 35.3 Å². The highest BCUT2D eigenvalue weighted by molar-refractivity contribution is 7.86. The molecule has 0 aromatic heterocycles. The summed E-state index contributed by atoms with van der Waals surface area (Å²) in [6, 6.07) is 6.69. The Morgan fingerprint density at radius 3 is 1.67 bits per heavy atom. The Labute approximate surface area is 165 Å². The summed E-state index contributed by atoms with van der Waals surface area (Å²) in [7, 11) is -6.89. The standard InChI is InChI=1S/C13H20O3S.C6H14O3S/c1-10(2)9-12(4)16-17(14,15)13-7-5-11(3)6-8-13;1-5(2)6(3)9-10(4,7)8/h5-8,10,12H,9H2,1-4H3;5-6H,1-4H3. The van der Waals surface area contributed by atoms with Crippen molar-refractivity contribution in [2.24, 2.45) is 11.8 Å². The van der Waals surface area contributed by atoms with Crippen molar-refractivity contribution in [3.63, 3.8) is 0 Å². The van der Waals surface area contributed by atoms with Gasteiger partial charge in [0.05, 0.1) is 23.4 Å². The number of hydrogen-bond acceptors (Lipinski definition) is 6. The molecule has 0 N–H and O–H groups in total. The molecule has 1 aromatic rings. The van der Waals surface area contributed by atoms with Crippen LogP contribution in [0.15, 0.2) is 29.2 Å². The fourth-order valence-electron chi connectivity index (χ4n) is 2.07. The lowest BCUT2D eigenvalue weighted by molar-refractivity contribution is 0.180. The molecule has 0 aliphatic rings. The van der Waals surface area contributed by atoms with Gasteiger partial charge in [-0.25, -0.2) is 0 Å². The van der Waals surface area contributed by atoms with E-state index < -0.39 is 20.2 Å². The lowest BCUT2D eigenvalue weighted by Gasteiger charge is -2.14. The van der Waals surface area contributed by atoms with Crippen LogP contribution in [0.1, 0.15) is 53.5 Å². The molecule has 158 valence electrons. The third-order valence-electron chi connectivity index (χ3n) is 3.67. The van der Waals surface area contributed by atoms with E-state index in [1.807, 2.05) is 34.6 Å². The van der Waals surface area contributed by atoms with Crippen LogP contribution < -0.4 is 0 Å². The van der Waals surface area contributed by atoms with Gasteiger partial charge in [0.25, 0.3) is 20.2 Å². The molecule has 8 heteroatoms. The first-order valence-corrected chi connectivity index (χ1v) is 12.2. The summed E-state index contributed by atoms with van der Waals surface area (Å²) in [5, 5.41) is 0. The molecular formula is C19H34O6S2. The van der Waals surface area contributed by atoms with Crippen molar-refractivity contribution in [2.75, 3.05) is 6.26 Å². The van der Waals surface area contributed by atoms with E-state index in [1.54, 1.807) is 38.1 Å². The van der Waals surface area contributed by atoms with Gasteiger partial charge in [-0.3, -0.25) is 8.37 Å². The average Bonchev–Trinajstić information content (AvgIpc) is 2.44. The van der Waals surface area contributed by atoms with Crippen LogP contribution in [0.5, 0.6) is 0 Å². The Hall–Kier alpha value is -0.960. The number of aryl methyl sites for hydroxylation is 1. The second kappa shape index (κ2) is 11.1. The molecule has 2 atom stereocenters. The van der Waals surface area contributed by atoms with Crippen molar-refractivity contribution in [1.29, 1.82) is 0 Å². The zero-order valence-electron chi connectivity index (χ0n) is 17.6. The van der Waals surface area contributed by atoms with Crippen molar-refractivity contribution in [3.05, 3.63) is 29.8 Å². The summed E-state index contributed by atoms with van der Waals surface area (Å²) >= 11 is 0. The molecule has 0 saturated heterocycles. The highest BCUT2D eigenvalue weighted by atomic mass is 32.2. The van der Waals surface area contributed by atoms with E-state index in [9.17, 15) is 16.8 Å². The zero-order valence-corrected chi connectivity index (χ0v) is 19.2. The van der Waals surface area contributed by atoms with Crippen LogP contribution in [0.4, 0.5) is 0 Å². The maximum absolute atomic E-state index is 11.9. The van der Waals surface area contributed by atoms with E-state index in [2.05, 4.69) is 4.18 Å². The Balaban J connectivity index is 0.000000580. The Morgan fingerprint density at radius 1 is 0.852 bits per heavy atom. The SMILES string of the molecule is CC(C)C(C)OS(C)(=O)=O.Cc1ccc(S(=O)(=O)OC(C)CC(C)C)cc1. The van der Waals surface area contributed by atoms with Crippen LogP contribution >= 0.6 is 0 Å². The Kier molecular flexibility index (Phi) is 10.7. The summed E-state index contributed by atoms with van der Waals surface area (Å²) in [6.07, 6.45) is 1.27. The second-order valence-corrected chi connectivity index (χ2v) is 10.7. The van der Waals surface area contributed by atoms with E-state index in [4.69, 9.17) is 4.18 Å². The van der Waals surface area contributed by atoms with Gasteiger partial charge in [-0.05, 0) is 51.2 Å². The molecule has 0 radical (unpaired) electrons. The molecule has 0 bridgehead atoms. The first-order chi connectivity index (χ1) is 12.1. The number of benzene rings is 1. The summed E-state index contributed by atoms with van der Waals surface area (Å²) in [4.78, 5) is 0.221. The topological polar surface area (TPSA) is 86.7 Å². The lowest BCUT2D eigenvalue weighted by atomic mass is 10.1. The minimum absolute atomic E-state index is 0.221. The van der Waals surface area contributed by atoms with E-state index in [1.165, 1.54) is 0 Å². The van der Waals surface area contributed by atoms with Gasteiger partial charge in [0.2, 0.25) is 0 Å². The van der Waals surface area contributed by atoms with Crippen LogP contribution in [0.3, 0.4) is 0 Å². The molecular weight excluding hydrogens is 388 g/mol. The smallest absolute Gasteiger partial charge is 0.267 e. The third-order valence-corrected chi connectivity index (χ3v) is 5.75. The quantitative estimate of drug-likeness (QED) is 0.585. The normalized spacial score (nSPS) is 14.6. The molecule has 0 spiro atoms. The first kappa shape index (κ1) is 26.0. The molecule has 0 amide bonds. The van der Waals surface area contributed by atoms with Crippen molar-refractivity contribution in [1.82, 2.24) is 0 Å². The highest BCUT2D eigenvalue weighted by Gasteiger charge is 2.19. The lowest BCUT2D eigenvalue weighted by Crippen LogP contribution is -2.19. The van der Waals surface area contributed by atoms with Crippen LogP contribution in [0.25, 0.3) is 0 Å². The molecule has 6 nitrogen and oxygen atoms in total. The molecule has 0 heterocycles. The summed E-state index contributed by atoms with van der Waals surface area (Å²) in [5.74, 6) is 0.646. The minimum atomic E-state index is -3.62.